The average molecular weight is 499 g/mol. The first kappa shape index (κ1) is 29.4. The molecule has 12 heteroatoms. The third-order valence-electron chi connectivity index (χ3n) is 5.15. The van der Waals surface area contributed by atoms with Gasteiger partial charge in [0.05, 0.1) is 12.4 Å². The predicted molar refractivity (Wildman–Crippen MR) is 131 cm³/mol. The number of imidazole rings is 1. The van der Waals surface area contributed by atoms with E-state index in [1.165, 1.54) is 12.5 Å². The third-order valence-corrected chi connectivity index (χ3v) is 5.79. The number of aromatic amines is 1. The Morgan fingerprint density at radius 3 is 2.21 bits per heavy atom. The maximum Gasteiger partial charge on any atom is 0.326 e. The third kappa shape index (κ3) is 10.1. The molecule has 0 aliphatic heterocycles. The number of nitrogens with two attached hydrogens (primary N) is 1. The number of carboxylic acid groups (broad SMARTS) is 1. The number of hydrogen-bond donors (Lipinski definition) is 6. The van der Waals surface area contributed by atoms with Crippen molar-refractivity contribution in [3.05, 3.63) is 18.2 Å². The monoisotopic (exact) mass is 498 g/mol. The highest BCUT2D eigenvalue weighted by molar-refractivity contribution is 7.98. The Balaban J connectivity index is 2.91. The molecular formula is C22H38N6O5S. The normalized spacial score (nSPS) is 14.8. The standard InChI is InChI=1S/C22H38N6O5S/c1-12(2)8-16(26-19(29)15(23)6-7-34-5)20(30)28-18(13(3)4)21(31)27-17(22(32)33)9-14-10-24-11-25-14/h10-13,15-18H,6-9,23H2,1-5H3,(H,24,25)(H,26,29)(H,27,31)(H,28,30)(H,32,33). The quantitative estimate of drug-likeness (QED) is 0.199. The summed E-state index contributed by atoms with van der Waals surface area (Å²) >= 11 is 1.57. The zero-order valence-corrected chi connectivity index (χ0v) is 21.3. The Labute approximate surface area is 204 Å². The number of amides is 3. The molecule has 0 saturated heterocycles. The molecule has 7 N–H and O–H groups in total. The van der Waals surface area contributed by atoms with Gasteiger partial charge in [-0.15, -0.1) is 0 Å². The van der Waals surface area contributed by atoms with Gasteiger partial charge in [-0.25, -0.2) is 9.78 Å². The molecule has 1 rings (SSSR count). The summed E-state index contributed by atoms with van der Waals surface area (Å²) in [5.41, 5.74) is 6.49. The Kier molecular flexibility index (Phi) is 12.7. The van der Waals surface area contributed by atoms with Crippen LogP contribution in [-0.4, -0.2) is 74.9 Å². The second kappa shape index (κ2) is 14.6. The minimum atomic E-state index is -1.21. The summed E-state index contributed by atoms with van der Waals surface area (Å²) in [6.07, 6.45) is 5.67. The lowest BCUT2D eigenvalue weighted by molar-refractivity contribution is -0.142. The predicted octanol–water partition coefficient (Wildman–Crippen LogP) is 0.274. The number of aromatic nitrogens is 2. The molecule has 1 heterocycles. The molecule has 0 fully saturated rings. The van der Waals surface area contributed by atoms with Gasteiger partial charge in [-0.2, -0.15) is 11.8 Å². The van der Waals surface area contributed by atoms with Gasteiger partial charge in [0.2, 0.25) is 17.7 Å². The van der Waals surface area contributed by atoms with Crippen LogP contribution in [0.1, 0.15) is 46.2 Å². The van der Waals surface area contributed by atoms with Crippen molar-refractivity contribution in [1.29, 1.82) is 0 Å². The van der Waals surface area contributed by atoms with Gasteiger partial charge in [0.15, 0.2) is 0 Å². The number of thioether (sulfide) groups is 1. The van der Waals surface area contributed by atoms with Crippen LogP contribution in [0, 0.1) is 11.8 Å². The number of carboxylic acids is 1. The fourth-order valence-electron chi connectivity index (χ4n) is 3.22. The number of aliphatic carboxylic acids is 1. The van der Waals surface area contributed by atoms with Gasteiger partial charge in [-0.3, -0.25) is 14.4 Å². The number of carbonyl (C=O) groups excluding carboxylic acids is 3. The summed E-state index contributed by atoms with van der Waals surface area (Å²) < 4.78 is 0. The van der Waals surface area contributed by atoms with E-state index in [0.717, 1.165) is 0 Å². The van der Waals surface area contributed by atoms with Gasteiger partial charge in [-0.05, 0) is 36.7 Å². The minimum Gasteiger partial charge on any atom is -0.480 e. The number of nitrogens with one attached hydrogen (secondary N) is 4. The van der Waals surface area contributed by atoms with Crippen molar-refractivity contribution in [2.45, 2.75) is 71.1 Å². The minimum absolute atomic E-state index is 0.0137. The largest absolute Gasteiger partial charge is 0.480 e. The van der Waals surface area contributed by atoms with Crippen LogP contribution in [0.3, 0.4) is 0 Å². The van der Waals surface area contributed by atoms with Gasteiger partial charge in [0.1, 0.15) is 18.1 Å². The molecule has 0 aliphatic carbocycles. The van der Waals surface area contributed by atoms with Crippen molar-refractivity contribution < 1.29 is 24.3 Å². The molecule has 0 bridgehead atoms. The molecule has 192 valence electrons. The first-order valence-electron chi connectivity index (χ1n) is 11.3. The molecule has 0 radical (unpaired) electrons. The van der Waals surface area contributed by atoms with Crippen molar-refractivity contribution >= 4 is 35.5 Å². The maximum absolute atomic E-state index is 13.1. The molecule has 4 unspecified atom stereocenters. The zero-order valence-electron chi connectivity index (χ0n) is 20.5. The lowest BCUT2D eigenvalue weighted by atomic mass is 9.99. The van der Waals surface area contributed by atoms with Crippen LogP contribution in [0.5, 0.6) is 0 Å². The second-order valence-corrected chi connectivity index (χ2v) is 9.97. The van der Waals surface area contributed by atoms with Crippen LogP contribution in [0.2, 0.25) is 0 Å². The number of H-pyrrole nitrogens is 1. The summed E-state index contributed by atoms with van der Waals surface area (Å²) in [6.45, 7) is 7.31. The SMILES string of the molecule is CSCCC(N)C(=O)NC(CC(C)C)C(=O)NC(C(=O)NC(Cc1cnc[nH]1)C(=O)O)C(C)C. The van der Waals surface area contributed by atoms with E-state index >= 15 is 0 Å². The number of carbonyl (C=O) groups is 4. The zero-order chi connectivity index (χ0) is 25.8. The first-order valence-corrected chi connectivity index (χ1v) is 12.7. The van der Waals surface area contributed by atoms with E-state index in [-0.39, 0.29) is 18.3 Å². The Morgan fingerprint density at radius 1 is 1.06 bits per heavy atom. The molecule has 3 amide bonds. The molecule has 1 aromatic heterocycles. The number of nitrogens with zero attached hydrogens (tertiary/aromatic N) is 1. The second-order valence-electron chi connectivity index (χ2n) is 8.99. The van der Waals surface area contributed by atoms with Crippen molar-refractivity contribution in [2.24, 2.45) is 17.6 Å². The molecule has 4 atom stereocenters. The van der Waals surface area contributed by atoms with E-state index in [2.05, 4.69) is 25.9 Å². The van der Waals surface area contributed by atoms with Gasteiger partial charge in [0, 0.05) is 18.3 Å². The first-order chi connectivity index (χ1) is 16.0. The van der Waals surface area contributed by atoms with Crippen molar-refractivity contribution in [1.82, 2.24) is 25.9 Å². The van der Waals surface area contributed by atoms with Crippen LogP contribution in [0.25, 0.3) is 0 Å². The van der Waals surface area contributed by atoms with Gasteiger partial charge in [-0.1, -0.05) is 27.7 Å². The van der Waals surface area contributed by atoms with Gasteiger partial charge < -0.3 is 31.8 Å². The number of hydrogen-bond acceptors (Lipinski definition) is 7. The Hall–Kier alpha value is -2.60. The van der Waals surface area contributed by atoms with Crippen LogP contribution >= 0.6 is 11.8 Å². The summed E-state index contributed by atoms with van der Waals surface area (Å²) in [4.78, 5) is 56.8. The molecule has 0 spiro atoms. The van der Waals surface area contributed by atoms with Crippen LogP contribution in [0.15, 0.2) is 12.5 Å². The average Bonchev–Trinajstić information content (AvgIpc) is 3.26. The number of rotatable bonds is 15. The molecule has 34 heavy (non-hydrogen) atoms. The van der Waals surface area contributed by atoms with E-state index in [9.17, 15) is 24.3 Å². The van der Waals surface area contributed by atoms with Crippen molar-refractivity contribution in [3.63, 3.8) is 0 Å². The Morgan fingerprint density at radius 2 is 1.71 bits per heavy atom. The molecule has 1 aromatic rings. The Bertz CT molecular complexity index is 802. The van der Waals surface area contributed by atoms with E-state index in [1.54, 1.807) is 25.6 Å². The van der Waals surface area contributed by atoms with Gasteiger partial charge in [0.25, 0.3) is 0 Å². The van der Waals surface area contributed by atoms with Crippen molar-refractivity contribution in [2.75, 3.05) is 12.0 Å². The molecule has 11 nitrogen and oxygen atoms in total. The topological polar surface area (TPSA) is 179 Å². The van der Waals surface area contributed by atoms with Crippen molar-refractivity contribution in [3.8, 4) is 0 Å². The van der Waals surface area contributed by atoms with Crippen LogP contribution < -0.4 is 21.7 Å². The summed E-state index contributed by atoms with van der Waals surface area (Å²) in [6, 6.07) is -3.81. The summed E-state index contributed by atoms with van der Waals surface area (Å²) in [5, 5.41) is 17.4. The molecular weight excluding hydrogens is 460 g/mol. The lowest BCUT2D eigenvalue weighted by Gasteiger charge is -2.27. The fourth-order valence-corrected chi connectivity index (χ4v) is 3.71. The van der Waals surface area contributed by atoms with E-state index < -0.39 is 47.9 Å². The highest BCUT2D eigenvalue weighted by Crippen LogP contribution is 2.10. The van der Waals surface area contributed by atoms with E-state index in [4.69, 9.17) is 5.73 Å². The smallest absolute Gasteiger partial charge is 0.326 e. The summed E-state index contributed by atoms with van der Waals surface area (Å²) in [7, 11) is 0. The molecule has 0 saturated carbocycles. The molecule has 0 aromatic carbocycles. The highest BCUT2D eigenvalue weighted by Gasteiger charge is 2.32. The maximum atomic E-state index is 13.1. The highest BCUT2D eigenvalue weighted by atomic mass is 32.2. The van der Waals surface area contributed by atoms with Crippen LogP contribution in [0.4, 0.5) is 0 Å². The van der Waals surface area contributed by atoms with Gasteiger partial charge >= 0.3 is 5.97 Å². The van der Waals surface area contributed by atoms with Crippen LogP contribution in [-0.2, 0) is 25.6 Å². The van der Waals surface area contributed by atoms with E-state index in [0.29, 0.717) is 24.3 Å². The summed E-state index contributed by atoms with van der Waals surface area (Å²) in [5.74, 6) is -2.30. The fraction of sp³-hybridized carbons (Fsp3) is 0.682. The molecule has 0 aliphatic rings. The van der Waals surface area contributed by atoms with E-state index in [1.807, 2.05) is 20.1 Å². The lowest BCUT2D eigenvalue weighted by Crippen LogP contribution is -2.58.